The van der Waals surface area contributed by atoms with E-state index in [0.717, 1.165) is 6.54 Å². The number of hydrogen-bond donors (Lipinski definition) is 2. The van der Waals surface area contributed by atoms with Crippen LogP contribution >= 0.6 is 0 Å². The van der Waals surface area contributed by atoms with Crippen molar-refractivity contribution >= 4 is 5.96 Å². The van der Waals surface area contributed by atoms with Gasteiger partial charge in [-0.05, 0) is 11.5 Å². The number of nitrogens with two attached hydrogens (primary N) is 1. The van der Waals surface area contributed by atoms with Crippen LogP contribution in [0.15, 0.2) is 35.3 Å². The molecule has 0 aliphatic rings. The molecule has 0 heterocycles. The molecule has 3 N–H and O–H groups in total. The minimum Gasteiger partial charge on any atom is -0.375 e. The van der Waals surface area contributed by atoms with E-state index in [0.29, 0.717) is 31.6 Å². The largest absolute Gasteiger partial charge is 0.375 e. The maximum atomic E-state index is 5.70. The van der Waals surface area contributed by atoms with E-state index in [1.54, 1.807) is 0 Å². The Labute approximate surface area is 109 Å². The van der Waals surface area contributed by atoms with Crippen molar-refractivity contribution in [2.75, 3.05) is 19.7 Å². The number of nitrogens with zero attached hydrogens (tertiary/aromatic N) is 1. The lowest BCUT2D eigenvalue weighted by molar-refractivity contribution is 0.125. The minimum atomic E-state index is 0.493. The molecule has 0 bridgehead atoms. The number of nitrogens with one attached hydrogen (secondary N) is 1. The maximum Gasteiger partial charge on any atom is 0.188 e. The van der Waals surface area contributed by atoms with E-state index in [4.69, 9.17) is 10.5 Å². The summed E-state index contributed by atoms with van der Waals surface area (Å²) >= 11 is 0. The molecule has 0 saturated carbocycles. The Bertz CT molecular complexity index is 349. The van der Waals surface area contributed by atoms with Gasteiger partial charge < -0.3 is 15.8 Å². The molecule has 0 atom stereocenters. The van der Waals surface area contributed by atoms with Crippen molar-refractivity contribution in [3.05, 3.63) is 35.9 Å². The van der Waals surface area contributed by atoms with Crippen molar-refractivity contribution in [2.45, 2.75) is 20.5 Å². The molecule has 100 valence electrons. The van der Waals surface area contributed by atoms with E-state index < -0.39 is 0 Å². The average Bonchev–Trinajstić information content (AvgIpc) is 2.37. The first kappa shape index (κ1) is 14.5. The summed E-state index contributed by atoms with van der Waals surface area (Å²) in [5.74, 6) is 1.02. The van der Waals surface area contributed by atoms with Gasteiger partial charge in [0.05, 0.1) is 13.2 Å². The molecule has 0 radical (unpaired) electrons. The second kappa shape index (κ2) is 8.53. The molecular weight excluding hydrogens is 226 g/mol. The molecule has 0 saturated heterocycles. The van der Waals surface area contributed by atoms with Gasteiger partial charge in [-0.15, -0.1) is 0 Å². The fourth-order valence-corrected chi connectivity index (χ4v) is 1.35. The first-order valence-corrected chi connectivity index (χ1v) is 6.34. The van der Waals surface area contributed by atoms with Gasteiger partial charge >= 0.3 is 0 Å². The number of benzene rings is 1. The lowest BCUT2D eigenvalue weighted by Gasteiger charge is -2.07. The van der Waals surface area contributed by atoms with Gasteiger partial charge in [0.15, 0.2) is 5.96 Å². The van der Waals surface area contributed by atoms with Gasteiger partial charge in [-0.3, -0.25) is 4.99 Å². The smallest absolute Gasteiger partial charge is 0.188 e. The fraction of sp³-hybridized carbons (Fsp3) is 0.500. The Morgan fingerprint density at radius 2 is 2.06 bits per heavy atom. The van der Waals surface area contributed by atoms with Crippen molar-refractivity contribution in [3.8, 4) is 0 Å². The molecule has 0 aliphatic carbocycles. The molecule has 0 unspecified atom stereocenters. The highest BCUT2D eigenvalue weighted by Gasteiger charge is 1.95. The predicted molar refractivity (Wildman–Crippen MR) is 75.4 cm³/mol. The Kier molecular flexibility index (Phi) is 6.87. The molecule has 1 aromatic carbocycles. The van der Waals surface area contributed by atoms with Crippen LogP contribution in [0.2, 0.25) is 0 Å². The van der Waals surface area contributed by atoms with E-state index >= 15 is 0 Å². The Morgan fingerprint density at radius 3 is 2.72 bits per heavy atom. The highest BCUT2D eigenvalue weighted by molar-refractivity contribution is 5.77. The SMILES string of the molecule is CC(C)CN=C(N)NCCOCc1ccccc1. The van der Waals surface area contributed by atoms with Crippen molar-refractivity contribution in [1.82, 2.24) is 5.32 Å². The standard InChI is InChI=1S/C14H23N3O/c1-12(2)10-17-14(15)16-8-9-18-11-13-6-4-3-5-7-13/h3-7,12H,8-11H2,1-2H3,(H3,15,16,17). The maximum absolute atomic E-state index is 5.70. The second-order valence-corrected chi connectivity index (χ2v) is 4.58. The first-order chi connectivity index (χ1) is 8.68. The quantitative estimate of drug-likeness (QED) is 0.440. The van der Waals surface area contributed by atoms with Crippen molar-refractivity contribution in [3.63, 3.8) is 0 Å². The van der Waals surface area contributed by atoms with Crippen LogP contribution in [-0.2, 0) is 11.3 Å². The van der Waals surface area contributed by atoms with Gasteiger partial charge in [-0.25, -0.2) is 0 Å². The Hall–Kier alpha value is -1.55. The third kappa shape index (κ3) is 6.91. The summed E-state index contributed by atoms with van der Waals surface area (Å²) in [5, 5.41) is 3.03. The van der Waals surface area contributed by atoms with Crippen LogP contribution < -0.4 is 11.1 Å². The van der Waals surface area contributed by atoms with E-state index in [1.165, 1.54) is 5.56 Å². The van der Waals surface area contributed by atoms with Crippen LogP contribution in [0.25, 0.3) is 0 Å². The van der Waals surface area contributed by atoms with Crippen molar-refractivity contribution in [2.24, 2.45) is 16.6 Å². The van der Waals surface area contributed by atoms with E-state index in [2.05, 4.69) is 24.2 Å². The number of hydrogen-bond acceptors (Lipinski definition) is 2. The number of rotatable bonds is 7. The summed E-state index contributed by atoms with van der Waals surface area (Å²) in [6.45, 7) is 6.90. The summed E-state index contributed by atoms with van der Waals surface area (Å²) in [6, 6.07) is 10.1. The highest BCUT2D eigenvalue weighted by atomic mass is 16.5. The van der Waals surface area contributed by atoms with E-state index in [9.17, 15) is 0 Å². The normalized spacial score (nSPS) is 11.8. The zero-order valence-electron chi connectivity index (χ0n) is 11.2. The molecule has 0 fully saturated rings. The topological polar surface area (TPSA) is 59.6 Å². The molecule has 1 rings (SSSR count). The molecule has 18 heavy (non-hydrogen) atoms. The van der Waals surface area contributed by atoms with Crippen LogP contribution in [0.1, 0.15) is 19.4 Å². The van der Waals surface area contributed by atoms with Gasteiger partial charge in [0.1, 0.15) is 0 Å². The van der Waals surface area contributed by atoms with Gasteiger partial charge in [-0.1, -0.05) is 44.2 Å². The van der Waals surface area contributed by atoms with Gasteiger partial charge in [0.2, 0.25) is 0 Å². The zero-order chi connectivity index (χ0) is 13.2. The van der Waals surface area contributed by atoms with Gasteiger partial charge in [0.25, 0.3) is 0 Å². The molecule has 0 aromatic heterocycles. The van der Waals surface area contributed by atoms with Crippen molar-refractivity contribution < 1.29 is 4.74 Å². The molecule has 0 spiro atoms. The summed E-state index contributed by atoms with van der Waals surface area (Å²) in [5.41, 5.74) is 6.88. The lowest BCUT2D eigenvalue weighted by atomic mass is 10.2. The molecule has 0 aliphatic heterocycles. The minimum absolute atomic E-state index is 0.493. The van der Waals surface area contributed by atoms with Crippen LogP contribution in [0, 0.1) is 5.92 Å². The van der Waals surface area contributed by atoms with Crippen LogP contribution in [0.3, 0.4) is 0 Å². The number of ether oxygens (including phenoxy) is 1. The molecule has 0 amide bonds. The molecule has 4 heteroatoms. The van der Waals surface area contributed by atoms with Crippen LogP contribution in [-0.4, -0.2) is 25.7 Å². The van der Waals surface area contributed by atoms with E-state index in [-0.39, 0.29) is 0 Å². The summed E-state index contributed by atoms with van der Waals surface area (Å²) in [4.78, 5) is 4.21. The molecule has 4 nitrogen and oxygen atoms in total. The Morgan fingerprint density at radius 1 is 1.33 bits per heavy atom. The monoisotopic (exact) mass is 249 g/mol. The lowest BCUT2D eigenvalue weighted by Crippen LogP contribution is -2.34. The molecule has 1 aromatic rings. The van der Waals surface area contributed by atoms with Crippen LogP contribution in [0.4, 0.5) is 0 Å². The second-order valence-electron chi connectivity index (χ2n) is 4.58. The Balaban J connectivity index is 2.07. The molecular formula is C14H23N3O. The van der Waals surface area contributed by atoms with Crippen LogP contribution in [0.5, 0.6) is 0 Å². The average molecular weight is 249 g/mol. The number of aliphatic imine (C=N–C) groups is 1. The summed E-state index contributed by atoms with van der Waals surface area (Å²) < 4.78 is 5.52. The third-order valence-electron chi connectivity index (χ3n) is 2.29. The van der Waals surface area contributed by atoms with Crippen molar-refractivity contribution in [1.29, 1.82) is 0 Å². The first-order valence-electron chi connectivity index (χ1n) is 6.34. The zero-order valence-corrected chi connectivity index (χ0v) is 11.2. The number of guanidine groups is 1. The fourth-order valence-electron chi connectivity index (χ4n) is 1.35. The predicted octanol–water partition coefficient (Wildman–Crippen LogP) is 1.76. The summed E-state index contributed by atoms with van der Waals surface area (Å²) in [7, 11) is 0. The van der Waals surface area contributed by atoms with E-state index in [1.807, 2.05) is 30.3 Å². The van der Waals surface area contributed by atoms with Gasteiger partial charge in [0, 0.05) is 13.1 Å². The highest BCUT2D eigenvalue weighted by Crippen LogP contribution is 1.99. The third-order valence-corrected chi connectivity index (χ3v) is 2.29. The summed E-state index contributed by atoms with van der Waals surface area (Å²) in [6.07, 6.45) is 0. The van der Waals surface area contributed by atoms with Gasteiger partial charge in [-0.2, -0.15) is 0 Å².